The van der Waals surface area contributed by atoms with Gasteiger partial charge in [-0.15, -0.1) is 0 Å². The van der Waals surface area contributed by atoms with Gasteiger partial charge in [0.15, 0.2) is 0 Å². The van der Waals surface area contributed by atoms with Gasteiger partial charge in [0.1, 0.15) is 12.7 Å². The highest BCUT2D eigenvalue weighted by Gasteiger charge is 2.29. The summed E-state index contributed by atoms with van der Waals surface area (Å²) >= 11 is 0.982. The molecule has 0 aromatic heterocycles. The number of hydrogen-bond acceptors (Lipinski definition) is 5. The van der Waals surface area contributed by atoms with Crippen LogP contribution in [0.15, 0.2) is 60.7 Å². The van der Waals surface area contributed by atoms with Gasteiger partial charge in [-0.2, -0.15) is 0 Å². The standard InChI is InChI=1S/C20H20N2O4S/c23-17(21-11-12-22-18(24)14-27-20(22)25)13-26-19(15-7-3-1-4-8-15)16-9-5-2-6-10-16/h1-10,19H,11-14H2,(H,21,23). The number of nitrogens with zero attached hydrogens (tertiary/aromatic N) is 1. The predicted molar refractivity (Wildman–Crippen MR) is 103 cm³/mol. The summed E-state index contributed by atoms with van der Waals surface area (Å²) in [7, 11) is 0. The van der Waals surface area contributed by atoms with E-state index in [0.717, 1.165) is 27.8 Å². The number of hydrogen-bond donors (Lipinski definition) is 1. The van der Waals surface area contributed by atoms with Gasteiger partial charge in [0, 0.05) is 13.1 Å². The Morgan fingerprint density at radius 1 is 1.04 bits per heavy atom. The van der Waals surface area contributed by atoms with Crippen LogP contribution in [0.3, 0.4) is 0 Å². The zero-order valence-electron chi connectivity index (χ0n) is 14.7. The van der Waals surface area contributed by atoms with Crippen molar-refractivity contribution in [3.05, 3.63) is 71.8 Å². The Kier molecular flexibility index (Phi) is 6.62. The number of amides is 3. The van der Waals surface area contributed by atoms with Gasteiger partial charge in [0.2, 0.25) is 11.8 Å². The maximum atomic E-state index is 12.1. The molecule has 0 spiro atoms. The molecule has 1 N–H and O–H groups in total. The van der Waals surface area contributed by atoms with E-state index in [1.807, 2.05) is 60.7 Å². The molecule has 1 aliphatic rings. The fourth-order valence-electron chi connectivity index (χ4n) is 2.75. The van der Waals surface area contributed by atoms with Crippen LogP contribution in [0.5, 0.6) is 0 Å². The molecule has 2 aromatic rings. The Bertz CT molecular complexity index is 743. The molecule has 140 valence electrons. The van der Waals surface area contributed by atoms with Crippen molar-refractivity contribution in [2.24, 2.45) is 0 Å². The molecule has 1 aliphatic heterocycles. The maximum absolute atomic E-state index is 12.1. The summed E-state index contributed by atoms with van der Waals surface area (Å²) in [6.45, 7) is 0.268. The second-order valence-electron chi connectivity index (χ2n) is 5.96. The third-order valence-corrected chi connectivity index (χ3v) is 4.94. The molecular weight excluding hydrogens is 364 g/mol. The third kappa shape index (κ3) is 5.18. The summed E-state index contributed by atoms with van der Waals surface area (Å²) in [5.74, 6) is -0.339. The van der Waals surface area contributed by atoms with Gasteiger partial charge in [-0.05, 0) is 11.1 Å². The van der Waals surface area contributed by atoms with Crippen molar-refractivity contribution >= 4 is 28.8 Å². The second kappa shape index (κ2) is 9.34. The van der Waals surface area contributed by atoms with E-state index >= 15 is 0 Å². The molecule has 2 aromatic carbocycles. The molecule has 1 heterocycles. The van der Waals surface area contributed by atoms with E-state index in [-0.39, 0.29) is 48.6 Å². The quantitative estimate of drug-likeness (QED) is 0.757. The smallest absolute Gasteiger partial charge is 0.288 e. The van der Waals surface area contributed by atoms with Gasteiger partial charge >= 0.3 is 0 Å². The molecule has 0 bridgehead atoms. The van der Waals surface area contributed by atoms with E-state index in [9.17, 15) is 14.4 Å². The number of rotatable bonds is 8. The fraction of sp³-hybridized carbons (Fsp3) is 0.250. The lowest BCUT2D eigenvalue weighted by molar-refractivity contribution is -0.128. The number of thioether (sulfide) groups is 1. The van der Waals surface area contributed by atoms with Gasteiger partial charge < -0.3 is 10.1 Å². The molecule has 7 heteroatoms. The first kappa shape index (κ1) is 19.1. The molecule has 27 heavy (non-hydrogen) atoms. The molecular formula is C20H20N2O4S. The Morgan fingerprint density at radius 3 is 2.15 bits per heavy atom. The van der Waals surface area contributed by atoms with E-state index in [1.54, 1.807) is 0 Å². The number of carbonyl (C=O) groups excluding carboxylic acids is 3. The summed E-state index contributed by atoms with van der Waals surface area (Å²) in [6, 6.07) is 19.4. The lowest BCUT2D eigenvalue weighted by atomic mass is 10.0. The van der Waals surface area contributed by atoms with E-state index in [0.29, 0.717) is 0 Å². The first-order valence-electron chi connectivity index (χ1n) is 8.60. The first-order valence-corrected chi connectivity index (χ1v) is 9.59. The maximum Gasteiger partial charge on any atom is 0.288 e. The number of imide groups is 1. The number of carbonyl (C=O) groups is 3. The van der Waals surface area contributed by atoms with E-state index in [1.165, 1.54) is 0 Å². The third-order valence-electron chi connectivity index (χ3n) is 4.08. The van der Waals surface area contributed by atoms with Gasteiger partial charge in [0.05, 0.1) is 5.75 Å². The van der Waals surface area contributed by atoms with Gasteiger partial charge in [0.25, 0.3) is 5.24 Å². The summed E-state index contributed by atoms with van der Waals surface area (Å²) in [5, 5.41) is 2.42. The molecule has 3 amide bonds. The van der Waals surface area contributed by atoms with Crippen LogP contribution >= 0.6 is 11.8 Å². The van der Waals surface area contributed by atoms with E-state index < -0.39 is 0 Å². The average molecular weight is 384 g/mol. The Morgan fingerprint density at radius 2 is 1.63 bits per heavy atom. The van der Waals surface area contributed by atoms with Crippen LogP contribution in [0.2, 0.25) is 0 Å². The lowest BCUT2D eigenvalue weighted by Gasteiger charge is -2.19. The summed E-state index contributed by atoms with van der Waals surface area (Å²) in [6.07, 6.45) is -0.351. The highest BCUT2D eigenvalue weighted by atomic mass is 32.2. The topological polar surface area (TPSA) is 75.7 Å². The Balaban J connectivity index is 1.53. The number of ether oxygens (including phenoxy) is 1. The van der Waals surface area contributed by atoms with E-state index in [4.69, 9.17) is 4.74 Å². The van der Waals surface area contributed by atoms with Crippen LogP contribution in [0.1, 0.15) is 17.2 Å². The minimum atomic E-state index is -0.351. The highest BCUT2D eigenvalue weighted by molar-refractivity contribution is 8.14. The van der Waals surface area contributed by atoms with Gasteiger partial charge in [-0.3, -0.25) is 19.3 Å². The van der Waals surface area contributed by atoms with Crippen molar-refractivity contribution in [2.45, 2.75) is 6.10 Å². The summed E-state index contributed by atoms with van der Waals surface area (Å²) in [4.78, 5) is 36.3. The molecule has 1 fully saturated rings. The molecule has 1 saturated heterocycles. The van der Waals surface area contributed by atoms with E-state index in [2.05, 4.69) is 5.32 Å². The Hall–Kier alpha value is -2.64. The van der Waals surface area contributed by atoms with Crippen LogP contribution in [0.4, 0.5) is 4.79 Å². The van der Waals surface area contributed by atoms with Crippen LogP contribution in [-0.2, 0) is 14.3 Å². The molecule has 0 radical (unpaired) electrons. The summed E-state index contributed by atoms with van der Waals surface area (Å²) in [5.41, 5.74) is 1.92. The van der Waals surface area contributed by atoms with Crippen LogP contribution < -0.4 is 5.32 Å². The van der Waals surface area contributed by atoms with Crippen molar-refractivity contribution in [1.29, 1.82) is 0 Å². The number of nitrogens with one attached hydrogen (secondary N) is 1. The summed E-state index contributed by atoms with van der Waals surface area (Å²) < 4.78 is 5.88. The van der Waals surface area contributed by atoms with Crippen molar-refractivity contribution in [3.63, 3.8) is 0 Å². The molecule has 0 saturated carbocycles. The monoisotopic (exact) mass is 384 g/mol. The highest BCUT2D eigenvalue weighted by Crippen LogP contribution is 2.25. The number of benzene rings is 2. The van der Waals surface area contributed by atoms with Crippen molar-refractivity contribution in [1.82, 2.24) is 10.2 Å². The van der Waals surface area contributed by atoms with Crippen LogP contribution in [0.25, 0.3) is 0 Å². The van der Waals surface area contributed by atoms with Gasteiger partial charge in [-0.1, -0.05) is 72.4 Å². The SMILES string of the molecule is O=C(COC(c1ccccc1)c1ccccc1)NCCN1C(=O)CSC1=O. The predicted octanol–water partition coefficient (Wildman–Crippen LogP) is 2.60. The zero-order valence-corrected chi connectivity index (χ0v) is 15.5. The lowest BCUT2D eigenvalue weighted by Crippen LogP contribution is -2.38. The molecule has 6 nitrogen and oxygen atoms in total. The Labute approximate surface area is 161 Å². The minimum Gasteiger partial charge on any atom is -0.359 e. The van der Waals surface area contributed by atoms with Crippen molar-refractivity contribution < 1.29 is 19.1 Å². The largest absolute Gasteiger partial charge is 0.359 e. The van der Waals surface area contributed by atoms with Crippen molar-refractivity contribution in [2.75, 3.05) is 25.4 Å². The van der Waals surface area contributed by atoms with Crippen molar-refractivity contribution in [3.8, 4) is 0 Å². The van der Waals surface area contributed by atoms with Crippen LogP contribution in [0, 0.1) is 0 Å². The molecule has 0 aliphatic carbocycles. The normalized spacial score (nSPS) is 14.0. The zero-order chi connectivity index (χ0) is 19.1. The first-order chi connectivity index (χ1) is 13.1. The van der Waals surface area contributed by atoms with Gasteiger partial charge in [-0.25, -0.2) is 0 Å². The molecule has 0 atom stereocenters. The molecule has 0 unspecified atom stereocenters. The molecule has 3 rings (SSSR count). The minimum absolute atomic E-state index is 0.120. The average Bonchev–Trinajstić information content (AvgIpc) is 3.02. The fourth-order valence-corrected chi connectivity index (χ4v) is 3.51. The second-order valence-corrected chi connectivity index (χ2v) is 6.89. The van der Waals surface area contributed by atoms with Crippen LogP contribution in [-0.4, -0.2) is 47.4 Å².